The molecule has 0 aromatic carbocycles. The van der Waals surface area contributed by atoms with E-state index in [1.807, 2.05) is 0 Å². The van der Waals surface area contributed by atoms with Gasteiger partial charge < -0.3 is 9.47 Å². The van der Waals surface area contributed by atoms with Gasteiger partial charge >= 0.3 is 0 Å². The Kier molecular flexibility index (Phi) is 3.70. The van der Waals surface area contributed by atoms with Gasteiger partial charge in [-0.15, -0.1) is 0 Å². The van der Waals surface area contributed by atoms with Crippen LogP contribution in [0.4, 0.5) is 0 Å². The standard InChI is InChI=1S/C11H18O2/c1-11(9-13-3)6-4-5-10(7-11)8-12-2/h4-6H,7-9H2,1-3H3. The molecule has 1 rings (SSSR count). The van der Waals surface area contributed by atoms with Crippen LogP contribution < -0.4 is 0 Å². The summed E-state index contributed by atoms with van der Waals surface area (Å²) in [4.78, 5) is 0. The first kappa shape index (κ1) is 10.5. The molecule has 0 aromatic rings. The second kappa shape index (κ2) is 4.58. The number of rotatable bonds is 4. The first-order valence-corrected chi connectivity index (χ1v) is 4.55. The van der Waals surface area contributed by atoms with Crippen molar-refractivity contribution in [1.29, 1.82) is 0 Å². The number of hydrogen-bond donors (Lipinski definition) is 0. The molecule has 2 heteroatoms. The molecule has 2 nitrogen and oxygen atoms in total. The minimum atomic E-state index is 0.150. The fraction of sp³-hybridized carbons (Fsp3) is 0.636. The summed E-state index contributed by atoms with van der Waals surface area (Å²) in [5.74, 6) is 0. The van der Waals surface area contributed by atoms with Gasteiger partial charge in [-0.05, 0) is 12.0 Å². The summed E-state index contributed by atoms with van der Waals surface area (Å²) >= 11 is 0. The molecule has 1 aliphatic carbocycles. The second-order valence-corrected chi connectivity index (χ2v) is 3.88. The second-order valence-electron chi connectivity index (χ2n) is 3.88. The van der Waals surface area contributed by atoms with Gasteiger partial charge in [0.1, 0.15) is 0 Å². The lowest BCUT2D eigenvalue weighted by atomic mass is 9.81. The van der Waals surface area contributed by atoms with E-state index in [4.69, 9.17) is 9.47 Å². The molecule has 0 N–H and O–H groups in total. The van der Waals surface area contributed by atoms with Crippen LogP contribution in [0.5, 0.6) is 0 Å². The van der Waals surface area contributed by atoms with Crippen molar-refractivity contribution in [2.24, 2.45) is 5.41 Å². The first-order valence-electron chi connectivity index (χ1n) is 4.55. The molecule has 0 saturated carbocycles. The molecule has 1 aliphatic rings. The highest BCUT2D eigenvalue weighted by Gasteiger charge is 2.24. The van der Waals surface area contributed by atoms with Gasteiger partial charge in [0.25, 0.3) is 0 Å². The fourth-order valence-electron chi connectivity index (χ4n) is 1.77. The average molecular weight is 182 g/mol. The smallest absolute Gasteiger partial charge is 0.0676 e. The highest BCUT2D eigenvalue weighted by Crippen LogP contribution is 2.31. The normalized spacial score (nSPS) is 27.5. The monoisotopic (exact) mass is 182 g/mol. The topological polar surface area (TPSA) is 18.5 Å². The molecule has 0 spiro atoms. The molecule has 0 bridgehead atoms. The van der Waals surface area contributed by atoms with E-state index in [1.54, 1.807) is 14.2 Å². The Morgan fingerprint density at radius 3 is 2.77 bits per heavy atom. The summed E-state index contributed by atoms with van der Waals surface area (Å²) in [6.45, 7) is 3.70. The SMILES string of the molecule is COCC1=CC=CC(C)(COC)C1. The maximum Gasteiger partial charge on any atom is 0.0676 e. The van der Waals surface area contributed by atoms with E-state index in [0.29, 0.717) is 0 Å². The van der Waals surface area contributed by atoms with Crippen LogP contribution in [0.1, 0.15) is 13.3 Å². The van der Waals surface area contributed by atoms with Crippen LogP contribution in [-0.4, -0.2) is 27.4 Å². The van der Waals surface area contributed by atoms with Crippen LogP contribution in [0, 0.1) is 5.41 Å². The number of ether oxygens (including phenoxy) is 2. The van der Waals surface area contributed by atoms with Crippen molar-refractivity contribution in [3.05, 3.63) is 23.8 Å². The molecule has 0 fully saturated rings. The van der Waals surface area contributed by atoms with Crippen LogP contribution >= 0.6 is 0 Å². The summed E-state index contributed by atoms with van der Waals surface area (Å²) in [6, 6.07) is 0. The molecular formula is C11H18O2. The minimum absolute atomic E-state index is 0.150. The zero-order chi connectivity index (χ0) is 9.73. The quantitative estimate of drug-likeness (QED) is 0.663. The van der Waals surface area contributed by atoms with Crippen molar-refractivity contribution in [3.8, 4) is 0 Å². The van der Waals surface area contributed by atoms with Gasteiger partial charge in [-0.1, -0.05) is 25.2 Å². The number of allylic oxidation sites excluding steroid dienone is 2. The summed E-state index contributed by atoms with van der Waals surface area (Å²) in [7, 11) is 3.47. The largest absolute Gasteiger partial charge is 0.384 e. The van der Waals surface area contributed by atoms with Crippen molar-refractivity contribution in [3.63, 3.8) is 0 Å². The van der Waals surface area contributed by atoms with E-state index in [1.165, 1.54) is 5.57 Å². The molecule has 1 unspecified atom stereocenters. The Morgan fingerprint density at radius 1 is 1.38 bits per heavy atom. The molecule has 1 atom stereocenters. The molecule has 13 heavy (non-hydrogen) atoms. The minimum Gasteiger partial charge on any atom is -0.384 e. The Balaban J connectivity index is 2.57. The van der Waals surface area contributed by atoms with Crippen LogP contribution in [0.3, 0.4) is 0 Å². The van der Waals surface area contributed by atoms with Gasteiger partial charge in [0.15, 0.2) is 0 Å². The Bertz CT molecular complexity index is 218. The first-order chi connectivity index (χ1) is 6.20. The molecule has 0 radical (unpaired) electrons. The molecule has 0 amide bonds. The van der Waals surface area contributed by atoms with Crippen molar-refractivity contribution < 1.29 is 9.47 Å². The van der Waals surface area contributed by atoms with E-state index in [9.17, 15) is 0 Å². The average Bonchev–Trinajstić information content (AvgIpc) is 2.04. The van der Waals surface area contributed by atoms with Crippen LogP contribution in [0.2, 0.25) is 0 Å². The predicted molar refractivity (Wildman–Crippen MR) is 53.7 cm³/mol. The van der Waals surface area contributed by atoms with Gasteiger partial charge in [-0.25, -0.2) is 0 Å². The van der Waals surface area contributed by atoms with Crippen molar-refractivity contribution in [2.75, 3.05) is 27.4 Å². The van der Waals surface area contributed by atoms with Crippen LogP contribution in [0.15, 0.2) is 23.8 Å². The maximum absolute atomic E-state index is 5.19. The Morgan fingerprint density at radius 2 is 2.15 bits per heavy atom. The van der Waals surface area contributed by atoms with Crippen LogP contribution in [0.25, 0.3) is 0 Å². The van der Waals surface area contributed by atoms with Gasteiger partial charge in [0.05, 0.1) is 13.2 Å². The van der Waals surface area contributed by atoms with Gasteiger partial charge in [0, 0.05) is 19.6 Å². The van der Waals surface area contributed by atoms with Crippen molar-refractivity contribution in [2.45, 2.75) is 13.3 Å². The summed E-state index contributed by atoms with van der Waals surface area (Å²) in [6.07, 6.45) is 7.46. The summed E-state index contributed by atoms with van der Waals surface area (Å²) < 4.78 is 10.3. The molecule has 0 aliphatic heterocycles. The third-order valence-corrected chi connectivity index (χ3v) is 2.27. The lowest BCUT2D eigenvalue weighted by molar-refractivity contribution is 0.117. The highest BCUT2D eigenvalue weighted by molar-refractivity contribution is 5.23. The molecule has 74 valence electrons. The van der Waals surface area contributed by atoms with E-state index in [0.717, 1.165) is 19.6 Å². The van der Waals surface area contributed by atoms with Crippen molar-refractivity contribution >= 4 is 0 Å². The zero-order valence-electron chi connectivity index (χ0n) is 8.67. The number of hydrogen-bond acceptors (Lipinski definition) is 2. The van der Waals surface area contributed by atoms with E-state index >= 15 is 0 Å². The molecule has 0 aromatic heterocycles. The third-order valence-electron chi connectivity index (χ3n) is 2.27. The molecule has 0 saturated heterocycles. The maximum atomic E-state index is 5.19. The third kappa shape index (κ3) is 2.98. The zero-order valence-corrected chi connectivity index (χ0v) is 8.67. The predicted octanol–water partition coefficient (Wildman–Crippen LogP) is 2.17. The Hall–Kier alpha value is -0.600. The van der Waals surface area contributed by atoms with E-state index in [2.05, 4.69) is 25.2 Å². The number of methoxy groups -OCH3 is 2. The van der Waals surface area contributed by atoms with Gasteiger partial charge in [-0.3, -0.25) is 0 Å². The van der Waals surface area contributed by atoms with Gasteiger partial charge in [0.2, 0.25) is 0 Å². The molecule has 0 heterocycles. The highest BCUT2D eigenvalue weighted by atomic mass is 16.5. The summed E-state index contributed by atoms with van der Waals surface area (Å²) in [5.41, 5.74) is 1.49. The van der Waals surface area contributed by atoms with E-state index < -0.39 is 0 Å². The lowest BCUT2D eigenvalue weighted by Crippen LogP contribution is -2.23. The van der Waals surface area contributed by atoms with Crippen LogP contribution in [-0.2, 0) is 9.47 Å². The Labute approximate surface area is 80.2 Å². The van der Waals surface area contributed by atoms with E-state index in [-0.39, 0.29) is 5.41 Å². The summed E-state index contributed by atoms with van der Waals surface area (Å²) in [5, 5.41) is 0. The van der Waals surface area contributed by atoms with Gasteiger partial charge in [-0.2, -0.15) is 0 Å². The van der Waals surface area contributed by atoms with Crippen molar-refractivity contribution in [1.82, 2.24) is 0 Å². The lowest BCUT2D eigenvalue weighted by Gasteiger charge is -2.28. The fourth-order valence-corrected chi connectivity index (χ4v) is 1.77. The molecular weight excluding hydrogens is 164 g/mol.